The molecule has 0 saturated carbocycles. The molecule has 2 aromatic heterocycles. The van der Waals surface area contributed by atoms with E-state index in [1.54, 1.807) is 11.8 Å². The Labute approximate surface area is 152 Å². The van der Waals surface area contributed by atoms with Gasteiger partial charge in [0.25, 0.3) is 5.91 Å². The average molecular weight is 374 g/mol. The zero-order valence-corrected chi connectivity index (χ0v) is 15.4. The van der Waals surface area contributed by atoms with Crippen molar-refractivity contribution in [1.82, 2.24) is 5.32 Å². The second-order valence-electron chi connectivity index (χ2n) is 4.96. The van der Waals surface area contributed by atoms with Crippen molar-refractivity contribution >= 4 is 46.1 Å². The first kappa shape index (κ1) is 17.0. The van der Waals surface area contributed by atoms with E-state index in [9.17, 15) is 9.59 Å². The summed E-state index contributed by atoms with van der Waals surface area (Å²) in [6.45, 7) is 0.421. The van der Waals surface area contributed by atoms with Gasteiger partial charge in [-0.2, -0.15) is 0 Å². The Kier molecular flexibility index (Phi) is 5.50. The molecule has 2 heterocycles. The molecule has 0 unspecified atom stereocenters. The lowest BCUT2D eigenvalue weighted by molar-refractivity contribution is 0.0948. The van der Waals surface area contributed by atoms with E-state index in [0.717, 1.165) is 14.6 Å². The predicted molar refractivity (Wildman–Crippen MR) is 101 cm³/mol. The molecule has 3 aromatic rings. The fraction of sp³-hybridized carbons (Fsp3) is 0.111. The molecule has 0 radical (unpaired) electrons. The van der Waals surface area contributed by atoms with Crippen molar-refractivity contribution in [3.63, 3.8) is 0 Å². The highest BCUT2D eigenvalue weighted by Crippen LogP contribution is 2.23. The summed E-state index contributed by atoms with van der Waals surface area (Å²) in [4.78, 5) is 28.0. The maximum atomic E-state index is 12.3. The molecule has 3 nitrogen and oxygen atoms in total. The maximum absolute atomic E-state index is 12.3. The van der Waals surface area contributed by atoms with Crippen molar-refractivity contribution in [3.05, 3.63) is 74.1 Å². The lowest BCUT2D eigenvalue weighted by atomic mass is 10.2. The minimum atomic E-state index is -0.0977. The molecule has 0 spiro atoms. The molecule has 1 aromatic carbocycles. The highest BCUT2D eigenvalue weighted by Gasteiger charge is 2.14. The normalized spacial score (nSPS) is 10.5. The Balaban J connectivity index is 1.65. The van der Waals surface area contributed by atoms with Crippen LogP contribution in [0.15, 0.2) is 58.8 Å². The van der Waals surface area contributed by atoms with Gasteiger partial charge in [-0.3, -0.25) is 9.59 Å². The number of carbonyl (C=O) groups excluding carboxylic acids is 2. The van der Waals surface area contributed by atoms with Gasteiger partial charge in [-0.05, 0) is 42.0 Å². The molecule has 0 aliphatic heterocycles. The SMILES string of the molecule is CSc1ccccc1C(=O)NCc1ccc(C(=O)c2cccs2)s1. The zero-order chi connectivity index (χ0) is 16.9. The summed E-state index contributed by atoms with van der Waals surface area (Å²) in [6, 6.07) is 14.9. The molecule has 0 aliphatic carbocycles. The van der Waals surface area contributed by atoms with Crippen molar-refractivity contribution in [1.29, 1.82) is 0 Å². The van der Waals surface area contributed by atoms with Crippen molar-refractivity contribution in [3.8, 4) is 0 Å². The number of rotatable bonds is 6. The number of carbonyl (C=O) groups is 2. The van der Waals surface area contributed by atoms with Gasteiger partial charge < -0.3 is 5.32 Å². The molecule has 1 amide bonds. The first-order chi connectivity index (χ1) is 11.7. The third-order valence-corrected chi connectivity index (χ3v) is 6.15. The number of hydrogen-bond donors (Lipinski definition) is 1. The Morgan fingerprint density at radius 2 is 1.88 bits per heavy atom. The van der Waals surface area contributed by atoms with E-state index in [1.165, 1.54) is 22.7 Å². The lowest BCUT2D eigenvalue weighted by Crippen LogP contribution is -2.22. The van der Waals surface area contributed by atoms with Crippen LogP contribution >= 0.6 is 34.4 Å². The molecule has 1 N–H and O–H groups in total. The van der Waals surface area contributed by atoms with Crippen LogP contribution in [0, 0.1) is 0 Å². The van der Waals surface area contributed by atoms with E-state index in [0.29, 0.717) is 17.0 Å². The minimum absolute atomic E-state index is 0.0419. The average Bonchev–Trinajstić information content (AvgIpc) is 3.30. The number of ketones is 1. The monoisotopic (exact) mass is 373 g/mol. The Morgan fingerprint density at radius 1 is 1.04 bits per heavy atom. The second-order valence-corrected chi connectivity index (χ2v) is 7.92. The van der Waals surface area contributed by atoms with Gasteiger partial charge in [0.15, 0.2) is 0 Å². The van der Waals surface area contributed by atoms with Crippen LogP contribution < -0.4 is 5.32 Å². The fourth-order valence-electron chi connectivity index (χ4n) is 2.22. The molecule has 0 atom stereocenters. The Hall–Kier alpha value is -1.89. The zero-order valence-electron chi connectivity index (χ0n) is 12.9. The van der Waals surface area contributed by atoms with E-state index in [-0.39, 0.29) is 11.7 Å². The summed E-state index contributed by atoms with van der Waals surface area (Å²) < 4.78 is 0. The molecule has 3 rings (SSSR count). The van der Waals surface area contributed by atoms with E-state index < -0.39 is 0 Å². The van der Waals surface area contributed by atoms with Crippen LogP contribution in [0.2, 0.25) is 0 Å². The van der Waals surface area contributed by atoms with Crippen LogP contribution in [0.4, 0.5) is 0 Å². The number of nitrogens with one attached hydrogen (secondary N) is 1. The predicted octanol–water partition coefficient (Wildman–Crippen LogP) is 4.69. The highest BCUT2D eigenvalue weighted by atomic mass is 32.2. The lowest BCUT2D eigenvalue weighted by Gasteiger charge is -2.07. The molecule has 0 bridgehead atoms. The number of amides is 1. The number of benzene rings is 1. The summed E-state index contributed by atoms with van der Waals surface area (Å²) in [5.41, 5.74) is 0.677. The van der Waals surface area contributed by atoms with E-state index in [2.05, 4.69) is 5.32 Å². The first-order valence-corrected chi connectivity index (χ1v) is 10.2. The Bertz CT molecular complexity index is 853. The van der Waals surface area contributed by atoms with Crippen molar-refractivity contribution in [2.45, 2.75) is 11.4 Å². The molecule has 24 heavy (non-hydrogen) atoms. The smallest absolute Gasteiger partial charge is 0.252 e. The van der Waals surface area contributed by atoms with Crippen LogP contribution in [0.5, 0.6) is 0 Å². The molecule has 0 aliphatic rings. The summed E-state index contributed by atoms with van der Waals surface area (Å²) in [5.74, 6) is -0.0558. The van der Waals surface area contributed by atoms with Crippen molar-refractivity contribution < 1.29 is 9.59 Å². The second kappa shape index (κ2) is 7.79. The molecule has 6 heteroatoms. The van der Waals surface area contributed by atoms with Gasteiger partial charge in [0.2, 0.25) is 5.78 Å². The first-order valence-electron chi connectivity index (χ1n) is 7.27. The van der Waals surface area contributed by atoms with Crippen LogP contribution in [0.1, 0.15) is 29.8 Å². The fourth-order valence-corrected chi connectivity index (χ4v) is 4.46. The van der Waals surface area contributed by atoms with Gasteiger partial charge in [0.1, 0.15) is 0 Å². The van der Waals surface area contributed by atoms with Gasteiger partial charge in [-0.25, -0.2) is 0 Å². The van der Waals surface area contributed by atoms with Crippen LogP contribution in [-0.4, -0.2) is 17.9 Å². The van der Waals surface area contributed by atoms with Gasteiger partial charge >= 0.3 is 0 Å². The number of thioether (sulfide) groups is 1. The molecule has 0 fully saturated rings. The molecular weight excluding hydrogens is 358 g/mol. The highest BCUT2D eigenvalue weighted by molar-refractivity contribution is 7.98. The summed E-state index contributed by atoms with van der Waals surface area (Å²) in [5, 5.41) is 4.82. The van der Waals surface area contributed by atoms with Gasteiger partial charge in [-0.1, -0.05) is 18.2 Å². The van der Waals surface area contributed by atoms with Crippen molar-refractivity contribution in [2.75, 3.05) is 6.26 Å². The third-order valence-electron chi connectivity index (χ3n) is 3.41. The third kappa shape index (κ3) is 3.77. The molecular formula is C18H15NO2S3. The quantitative estimate of drug-likeness (QED) is 0.503. The van der Waals surface area contributed by atoms with E-state index in [1.807, 2.05) is 60.2 Å². The molecule has 0 saturated heterocycles. The number of thiophene rings is 2. The van der Waals surface area contributed by atoms with Crippen LogP contribution in [0.25, 0.3) is 0 Å². The largest absolute Gasteiger partial charge is 0.347 e. The van der Waals surface area contributed by atoms with Gasteiger partial charge in [0.05, 0.1) is 21.9 Å². The van der Waals surface area contributed by atoms with Crippen LogP contribution in [-0.2, 0) is 6.54 Å². The summed E-state index contributed by atoms with van der Waals surface area (Å²) in [7, 11) is 0. The molecule has 122 valence electrons. The summed E-state index contributed by atoms with van der Waals surface area (Å²) >= 11 is 4.41. The topological polar surface area (TPSA) is 46.2 Å². The van der Waals surface area contributed by atoms with Crippen molar-refractivity contribution in [2.24, 2.45) is 0 Å². The Morgan fingerprint density at radius 3 is 2.62 bits per heavy atom. The minimum Gasteiger partial charge on any atom is -0.347 e. The van der Waals surface area contributed by atoms with E-state index in [4.69, 9.17) is 0 Å². The number of hydrogen-bond acceptors (Lipinski definition) is 5. The maximum Gasteiger partial charge on any atom is 0.252 e. The van der Waals surface area contributed by atoms with E-state index >= 15 is 0 Å². The van der Waals surface area contributed by atoms with Gasteiger partial charge in [-0.15, -0.1) is 34.4 Å². The van der Waals surface area contributed by atoms with Gasteiger partial charge in [0, 0.05) is 9.77 Å². The van der Waals surface area contributed by atoms with Crippen LogP contribution in [0.3, 0.4) is 0 Å². The summed E-state index contributed by atoms with van der Waals surface area (Å²) in [6.07, 6.45) is 1.95. The standard InChI is InChI=1S/C18H15NO2S3/c1-22-14-6-3-2-5-13(14)18(21)19-11-12-8-9-16(24-12)17(20)15-7-4-10-23-15/h2-10H,11H2,1H3,(H,19,21).